The minimum atomic E-state index is -0.444. The third kappa shape index (κ3) is 3.55. The minimum Gasteiger partial charge on any atom is -0.391 e. The Morgan fingerprint density at radius 2 is 1.69 bits per heavy atom. The van der Waals surface area contributed by atoms with Crippen molar-refractivity contribution in [2.75, 3.05) is 19.6 Å². The van der Waals surface area contributed by atoms with Crippen LogP contribution >= 0.6 is 0 Å². The Morgan fingerprint density at radius 3 is 2.08 bits per heavy atom. The normalized spacial score (nSPS) is 20.2. The van der Waals surface area contributed by atoms with Gasteiger partial charge in [0.2, 0.25) is 0 Å². The lowest BCUT2D eigenvalue weighted by atomic mass is 9.96. The lowest BCUT2D eigenvalue weighted by molar-refractivity contribution is -0.167. The molecule has 0 unspecified atom stereocenters. The number of rotatable bonds is 1. The van der Waals surface area contributed by atoms with E-state index in [0.717, 1.165) is 6.54 Å². The van der Waals surface area contributed by atoms with Crippen molar-refractivity contribution in [3.8, 4) is 0 Å². The molecule has 0 spiro atoms. The quantitative estimate of drug-likeness (QED) is 0.438. The van der Waals surface area contributed by atoms with Crippen LogP contribution in [-0.4, -0.2) is 36.5 Å². The van der Waals surface area contributed by atoms with Crippen LogP contribution < -0.4 is 0 Å². The van der Waals surface area contributed by atoms with Gasteiger partial charge in [-0.15, -0.1) is 0 Å². The van der Waals surface area contributed by atoms with Gasteiger partial charge in [0.1, 0.15) is 0 Å². The molecule has 1 aliphatic rings. The van der Waals surface area contributed by atoms with Crippen molar-refractivity contribution < 1.29 is 14.3 Å². The molecule has 1 aliphatic heterocycles. The summed E-state index contributed by atoms with van der Waals surface area (Å²) in [4.78, 5) is 23.6. The summed E-state index contributed by atoms with van der Waals surface area (Å²) < 4.78 is 4.41. The van der Waals surface area contributed by atoms with Gasteiger partial charge in [0.25, 0.3) is 0 Å². The molecule has 0 aromatic carbocycles. The van der Waals surface area contributed by atoms with Gasteiger partial charge < -0.3 is 4.74 Å². The Hall–Kier alpha value is -0.900. The first kappa shape index (κ1) is 10.2. The van der Waals surface area contributed by atoms with Crippen molar-refractivity contribution in [2.24, 2.45) is 5.41 Å². The van der Waals surface area contributed by atoms with E-state index in [1.165, 1.54) is 0 Å². The molecule has 0 aromatic heterocycles. The lowest BCUT2D eigenvalue weighted by Crippen LogP contribution is -2.46. The Balaban J connectivity index is 2.51. The van der Waals surface area contributed by atoms with E-state index >= 15 is 0 Å². The molecule has 0 amide bonds. The third-order valence-electron chi connectivity index (χ3n) is 1.63. The molecule has 13 heavy (non-hydrogen) atoms. The van der Waals surface area contributed by atoms with Crippen molar-refractivity contribution in [3.63, 3.8) is 0 Å². The van der Waals surface area contributed by atoms with Crippen LogP contribution in [0.4, 0.5) is 0 Å². The highest BCUT2D eigenvalue weighted by molar-refractivity contribution is 5.90. The number of morpholine rings is 1. The summed E-state index contributed by atoms with van der Waals surface area (Å²) in [6.45, 7) is 7.38. The maximum absolute atomic E-state index is 10.9. The number of hydrogen-bond donors (Lipinski definition) is 0. The zero-order chi connectivity index (χ0) is 10.1. The van der Waals surface area contributed by atoms with E-state index in [1.54, 1.807) is 0 Å². The van der Waals surface area contributed by atoms with E-state index in [4.69, 9.17) is 0 Å². The molecular formula is C9H15NO3. The highest BCUT2D eigenvalue weighted by atomic mass is 16.6. The van der Waals surface area contributed by atoms with Crippen molar-refractivity contribution in [1.29, 1.82) is 0 Å². The summed E-state index contributed by atoms with van der Waals surface area (Å²) in [5, 5.41) is 0. The number of ether oxygens (including phenoxy) is 1. The van der Waals surface area contributed by atoms with E-state index in [0.29, 0.717) is 0 Å². The molecule has 74 valence electrons. The number of carbonyl (C=O) groups excluding carboxylic acids is 2. The first-order valence-corrected chi connectivity index (χ1v) is 4.33. The Morgan fingerprint density at radius 1 is 1.23 bits per heavy atom. The summed E-state index contributed by atoms with van der Waals surface area (Å²) >= 11 is 0. The second kappa shape index (κ2) is 3.46. The van der Waals surface area contributed by atoms with E-state index in [9.17, 15) is 9.59 Å². The molecule has 1 fully saturated rings. The summed E-state index contributed by atoms with van der Waals surface area (Å²) in [6, 6.07) is 0. The number of esters is 2. The SMILES string of the molecule is CC(C)(C)CN1CC(=O)OC(=O)C1. The van der Waals surface area contributed by atoms with Gasteiger partial charge in [0.05, 0.1) is 13.1 Å². The van der Waals surface area contributed by atoms with Gasteiger partial charge in [-0.25, -0.2) is 0 Å². The number of cyclic esters (lactones) is 2. The van der Waals surface area contributed by atoms with E-state index in [2.05, 4.69) is 25.5 Å². The average molecular weight is 185 g/mol. The number of carbonyl (C=O) groups is 2. The summed E-state index contributed by atoms with van der Waals surface area (Å²) in [6.07, 6.45) is 0. The third-order valence-corrected chi connectivity index (χ3v) is 1.63. The molecule has 0 saturated carbocycles. The molecule has 0 N–H and O–H groups in total. The number of nitrogens with zero attached hydrogens (tertiary/aromatic N) is 1. The number of hydrogen-bond acceptors (Lipinski definition) is 4. The van der Waals surface area contributed by atoms with Crippen LogP contribution in [0.5, 0.6) is 0 Å². The fraction of sp³-hybridized carbons (Fsp3) is 0.778. The second-order valence-electron chi connectivity index (χ2n) is 4.55. The van der Waals surface area contributed by atoms with Crippen molar-refractivity contribution in [2.45, 2.75) is 20.8 Å². The summed E-state index contributed by atoms with van der Waals surface area (Å²) in [5.41, 5.74) is 0.0951. The molecule has 0 aliphatic carbocycles. The average Bonchev–Trinajstić information content (AvgIpc) is 1.78. The smallest absolute Gasteiger partial charge is 0.327 e. The zero-order valence-corrected chi connectivity index (χ0v) is 8.29. The van der Waals surface area contributed by atoms with Gasteiger partial charge in [-0.05, 0) is 5.41 Å². The maximum Gasteiger partial charge on any atom is 0.327 e. The first-order chi connectivity index (χ1) is 5.87. The summed E-state index contributed by atoms with van der Waals surface area (Å²) in [5.74, 6) is -0.888. The van der Waals surface area contributed by atoms with Crippen LogP contribution in [0.2, 0.25) is 0 Å². The fourth-order valence-corrected chi connectivity index (χ4v) is 1.40. The van der Waals surface area contributed by atoms with Crippen molar-refractivity contribution >= 4 is 11.9 Å². The van der Waals surface area contributed by atoms with E-state index in [1.807, 2.05) is 4.90 Å². The van der Waals surface area contributed by atoms with E-state index in [-0.39, 0.29) is 18.5 Å². The highest BCUT2D eigenvalue weighted by Gasteiger charge is 2.27. The van der Waals surface area contributed by atoms with Crippen LogP contribution in [0.15, 0.2) is 0 Å². The largest absolute Gasteiger partial charge is 0.391 e. The molecule has 4 heteroatoms. The Bertz CT molecular complexity index is 214. The van der Waals surface area contributed by atoms with Crippen LogP contribution in [0.1, 0.15) is 20.8 Å². The Labute approximate surface area is 77.8 Å². The van der Waals surface area contributed by atoms with Gasteiger partial charge in [0, 0.05) is 6.54 Å². The van der Waals surface area contributed by atoms with Gasteiger partial charge in [0.15, 0.2) is 0 Å². The molecule has 0 bridgehead atoms. The molecule has 0 atom stereocenters. The molecule has 1 rings (SSSR count). The van der Waals surface area contributed by atoms with Crippen LogP contribution in [0, 0.1) is 5.41 Å². The lowest BCUT2D eigenvalue weighted by Gasteiger charge is -2.30. The monoisotopic (exact) mass is 185 g/mol. The predicted molar refractivity (Wildman–Crippen MR) is 47.0 cm³/mol. The highest BCUT2D eigenvalue weighted by Crippen LogP contribution is 2.16. The van der Waals surface area contributed by atoms with Crippen molar-refractivity contribution in [3.05, 3.63) is 0 Å². The van der Waals surface area contributed by atoms with E-state index < -0.39 is 11.9 Å². The Kier molecular flexibility index (Phi) is 2.71. The minimum absolute atomic E-state index is 0.0951. The van der Waals surface area contributed by atoms with Gasteiger partial charge in [-0.2, -0.15) is 0 Å². The molecule has 0 radical (unpaired) electrons. The van der Waals surface area contributed by atoms with Crippen LogP contribution in [0.3, 0.4) is 0 Å². The molecular weight excluding hydrogens is 170 g/mol. The van der Waals surface area contributed by atoms with Gasteiger partial charge in [-0.3, -0.25) is 14.5 Å². The standard InChI is InChI=1S/C9H15NO3/c1-9(2,3)6-10-4-7(11)13-8(12)5-10/h4-6H2,1-3H3. The van der Waals surface area contributed by atoms with Crippen molar-refractivity contribution in [1.82, 2.24) is 4.90 Å². The van der Waals surface area contributed by atoms with Crippen LogP contribution in [-0.2, 0) is 14.3 Å². The fourth-order valence-electron chi connectivity index (χ4n) is 1.40. The maximum atomic E-state index is 10.9. The van der Waals surface area contributed by atoms with Gasteiger partial charge >= 0.3 is 11.9 Å². The second-order valence-corrected chi connectivity index (χ2v) is 4.55. The topological polar surface area (TPSA) is 46.6 Å². The van der Waals surface area contributed by atoms with Gasteiger partial charge in [-0.1, -0.05) is 20.8 Å². The predicted octanol–water partition coefficient (Wildman–Crippen LogP) is 0.418. The zero-order valence-electron chi connectivity index (χ0n) is 8.29. The summed E-state index contributed by atoms with van der Waals surface area (Å²) in [7, 11) is 0. The molecule has 0 aromatic rings. The van der Waals surface area contributed by atoms with Crippen LogP contribution in [0.25, 0.3) is 0 Å². The molecule has 4 nitrogen and oxygen atoms in total. The first-order valence-electron chi connectivity index (χ1n) is 4.33. The molecule has 1 saturated heterocycles. The molecule has 1 heterocycles.